The van der Waals surface area contributed by atoms with Crippen molar-refractivity contribution in [3.8, 4) is 11.4 Å². The lowest BCUT2D eigenvalue weighted by molar-refractivity contribution is 0.485. The van der Waals surface area contributed by atoms with Gasteiger partial charge in [0.05, 0.1) is 10.7 Å². The van der Waals surface area contributed by atoms with E-state index in [9.17, 15) is 4.79 Å². The molecule has 3 heterocycles. The zero-order valence-corrected chi connectivity index (χ0v) is 18.7. The molecule has 0 spiro atoms. The van der Waals surface area contributed by atoms with Crippen LogP contribution in [0.4, 0.5) is 0 Å². The number of nitrogens with zero attached hydrogens (tertiary/aromatic N) is 5. The van der Waals surface area contributed by atoms with Gasteiger partial charge in [-0.3, -0.25) is 13.8 Å². The molecule has 1 aromatic carbocycles. The van der Waals surface area contributed by atoms with Crippen LogP contribution in [0.15, 0.2) is 58.5 Å². The molecule has 1 aliphatic carbocycles. The summed E-state index contributed by atoms with van der Waals surface area (Å²) in [5, 5.41) is 10.5. The largest absolute Gasteiger partial charge is 0.299 e. The average Bonchev–Trinajstić information content (AvgIpc) is 3.42. The predicted molar refractivity (Wildman–Crippen MR) is 124 cm³/mol. The van der Waals surface area contributed by atoms with Crippen LogP contribution >= 0.6 is 23.4 Å². The van der Waals surface area contributed by atoms with Gasteiger partial charge in [0.15, 0.2) is 11.0 Å². The van der Waals surface area contributed by atoms with Crippen molar-refractivity contribution >= 4 is 29.0 Å². The Morgan fingerprint density at radius 2 is 1.90 bits per heavy atom. The summed E-state index contributed by atoms with van der Waals surface area (Å²) in [7, 11) is 0. The lowest BCUT2D eigenvalue weighted by Gasteiger charge is -2.17. The van der Waals surface area contributed by atoms with Gasteiger partial charge in [-0.15, -0.1) is 10.2 Å². The van der Waals surface area contributed by atoms with Crippen molar-refractivity contribution < 1.29 is 0 Å². The molecular weight excluding hydrogens is 430 g/mol. The van der Waals surface area contributed by atoms with Crippen molar-refractivity contribution in [2.75, 3.05) is 0 Å². The lowest BCUT2D eigenvalue weighted by atomic mass is 10.2. The number of fused-ring (bicyclic) bond motifs is 1. The van der Waals surface area contributed by atoms with Crippen molar-refractivity contribution in [1.29, 1.82) is 0 Å². The number of aryl methyl sites for hydroxylation is 1. The fourth-order valence-corrected chi connectivity index (χ4v) is 5.39. The van der Waals surface area contributed by atoms with Crippen LogP contribution in [0, 0.1) is 6.92 Å². The Balaban J connectivity index is 1.49. The summed E-state index contributed by atoms with van der Waals surface area (Å²) in [4.78, 5) is 17.3. The van der Waals surface area contributed by atoms with Gasteiger partial charge in [0.2, 0.25) is 0 Å². The molecule has 0 atom stereocenters. The Hall–Kier alpha value is -2.64. The van der Waals surface area contributed by atoms with Crippen LogP contribution in [-0.2, 0) is 5.75 Å². The van der Waals surface area contributed by atoms with E-state index in [-0.39, 0.29) is 5.56 Å². The Labute approximate surface area is 189 Å². The molecule has 1 saturated carbocycles. The number of halogens is 1. The Kier molecular flexibility index (Phi) is 5.54. The Bertz CT molecular complexity index is 1310. The molecule has 1 aliphatic rings. The number of thioether (sulfide) groups is 1. The molecule has 8 heteroatoms. The summed E-state index contributed by atoms with van der Waals surface area (Å²) in [6.07, 6.45) is 4.63. The summed E-state index contributed by atoms with van der Waals surface area (Å²) in [6, 6.07) is 15.4. The minimum atomic E-state index is -0.0623. The fourth-order valence-electron chi connectivity index (χ4n) is 4.27. The number of hydrogen-bond acceptors (Lipinski definition) is 5. The summed E-state index contributed by atoms with van der Waals surface area (Å²) in [5.41, 5.74) is 3.11. The average molecular weight is 452 g/mol. The van der Waals surface area contributed by atoms with Crippen LogP contribution in [0.25, 0.3) is 17.0 Å². The van der Waals surface area contributed by atoms with Gasteiger partial charge in [-0.25, -0.2) is 4.98 Å². The van der Waals surface area contributed by atoms with E-state index in [1.54, 1.807) is 22.2 Å². The highest BCUT2D eigenvalue weighted by Crippen LogP contribution is 2.38. The molecule has 1 fully saturated rings. The predicted octanol–water partition coefficient (Wildman–Crippen LogP) is 5.32. The number of pyridine rings is 1. The molecule has 31 heavy (non-hydrogen) atoms. The summed E-state index contributed by atoms with van der Waals surface area (Å²) >= 11 is 8.04. The summed E-state index contributed by atoms with van der Waals surface area (Å²) in [6.45, 7) is 1.91. The first-order valence-electron chi connectivity index (χ1n) is 10.4. The van der Waals surface area contributed by atoms with E-state index in [2.05, 4.69) is 19.7 Å². The topological polar surface area (TPSA) is 65.1 Å². The van der Waals surface area contributed by atoms with Gasteiger partial charge < -0.3 is 0 Å². The van der Waals surface area contributed by atoms with Crippen molar-refractivity contribution in [2.45, 2.75) is 49.6 Å². The monoisotopic (exact) mass is 451 g/mol. The van der Waals surface area contributed by atoms with Crippen molar-refractivity contribution in [1.82, 2.24) is 24.1 Å². The van der Waals surface area contributed by atoms with E-state index in [0.717, 1.165) is 40.8 Å². The maximum absolute atomic E-state index is 12.6. The van der Waals surface area contributed by atoms with Crippen molar-refractivity contribution in [2.24, 2.45) is 0 Å². The van der Waals surface area contributed by atoms with Crippen molar-refractivity contribution in [3.63, 3.8) is 0 Å². The van der Waals surface area contributed by atoms with Gasteiger partial charge >= 0.3 is 0 Å². The second-order valence-electron chi connectivity index (χ2n) is 7.83. The van der Waals surface area contributed by atoms with Gasteiger partial charge in [-0.1, -0.05) is 54.4 Å². The molecule has 0 saturated heterocycles. The highest BCUT2D eigenvalue weighted by Gasteiger charge is 2.25. The quantitative estimate of drug-likeness (QED) is 0.384. The molecule has 0 radical (unpaired) electrons. The summed E-state index contributed by atoms with van der Waals surface area (Å²) in [5.74, 6) is 1.36. The third kappa shape index (κ3) is 3.88. The standard InChI is InChI=1S/C23H22ClN5OS/c1-15-7-6-12-20-25-16(13-21(30)28(15)20)14-31-23-27-26-22(18-10-4-5-11-19(18)24)29(23)17-8-2-3-9-17/h4-7,10-13,17H,2-3,8-9,14H2,1H3. The van der Waals surface area contributed by atoms with Gasteiger partial charge in [-0.2, -0.15) is 0 Å². The van der Waals surface area contributed by atoms with Crippen LogP contribution in [0.3, 0.4) is 0 Å². The molecule has 0 unspecified atom stereocenters. The van der Waals surface area contributed by atoms with Gasteiger partial charge in [-0.05, 0) is 44.0 Å². The highest BCUT2D eigenvalue weighted by atomic mass is 35.5. The second-order valence-corrected chi connectivity index (χ2v) is 9.18. The molecular formula is C23H22ClN5OS. The molecule has 4 aromatic rings. The molecule has 0 bridgehead atoms. The SMILES string of the molecule is Cc1cccc2nc(CSc3nnc(-c4ccccc4Cl)n3C3CCCC3)cc(=O)n12. The lowest BCUT2D eigenvalue weighted by Crippen LogP contribution is -2.17. The van der Waals surface area contributed by atoms with Crippen LogP contribution in [0.5, 0.6) is 0 Å². The minimum Gasteiger partial charge on any atom is -0.299 e. The first-order valence-corrected chi connectivity index (χ1v) is 11.8. The maximum Gasteiger partial charge on any atom is 0.258 e. The third-order valence-corrected chi connectivity index (χ3v) is 7.06. The number of aromatic nitrogens is 5. The molecule has 0 amide bonds. The Morgan fingerprint density at radius 1 is 1.10 bits per heavy atom. The zero-order valence-electron chi connectivity index (χ0n) is 17.2. The van der Waals surface area contributed by atoms with E-state index in [1.807, 2.05) is 49.4 Å². The van der Waals surface area contributed by atoms with E-state index in [1.165, 1.54) is 12.8 Å². The first kappa shape index (κ1) is 20.3. The van der Waals surface area contributed by atoms with E-state index in [0.29, 0.717) is 22.5 Å². The Morgan fingerprint density at radius 3 is 2.71 bits per heavy atom. The van der Waals surface area contributed by atoms with Gasteiger partial charge in [0, 0.05) is 29.1 Å². The molecule has 6 nitrogen and oxygen atoms in total. The van der Waals surface area contributed by atoms with Gasteiger partial charge in [0.25, 0.3) is 5.56 Å². The molecule has 5 rings (SSSR count). The van der Waals surface area contributed by atoms with Crippen LogP contribution in [-0.4, -0.2) is 24.1 Å². The van der Waals surface area contributed by atoms with Crippen LogP contribution in [0.1, 0.15) is 43.1 Å². The van der Waals surface area contributed by atoms with Crippen LogP contribution < -0.4 is 5.56 Å². The molecule has 0 N–H and O–H groups in total. The smallest absolute Gasteiger partial charge is 0.258 e. The third-order valence-electron chi connectivity index (χ3n) is 5.75. The molecule has 0 aliphatic heterocycles. The number of rotatable bonds is 5. The van der Waals surface area contributed by atoms with E-state index in [4.69, 9.17) is 11.6 Å². The second kappa shape index (κ2) is 8.48. The maximum atomic E-state index is 12.6. The highest BCUT2D eigenvalue weighted by molar-refractivity contribution is 7.98. The zero-order chi connectivity index (χ0) is 21.4. The fraction of sp³-hybridized carbons (Fsp3) is 0.304. The number of hydrogen-bond donors (Lipinski definition) is 0. The normalized spacial score (nSPS) is 14.5. The van der Waals surface area contributed by atoms with E-state index >= 15 is 0 Å². The van der Waals surface area contributed by atoms with Gasteiger partial charge in [0.1, 0.15) is 5.65 Å². The first-order chi connectivity index (χ1) is 15.1. The summed E-state index contributed by atoms with van der Waals surface area (Å²) < 4.78 is 3.86. The van der Waals surface area contributed by atoms with Crippen molar-refractivity contribution in [3.05, 3.63) is 75.3 Å². The molecule has 3 aromatic heterocycles. The number of benzene rings is 1. The van der Waals surface area contributed by atoms with Crippen LogP contribution in [0.2, 0.25) is 5.02 Å². The van der Waals surface area contributed by atoms with E-state index < -0.39 is 0 Å². The minimum absolute atomic E-state index is 0.0623. The molecule has 158 valence electrons.